The molecule has 1 N–H and O–H groups in total. The summed E-state index contributed by atoms with van der Waals surface area (Å²) in [6.07, 6.45) is 11.3. The molecule has 21 heavy (non-hydrogen) atoms. The Morgan fingerprint density at radius 1 is 1.10 bits per heavy atom. The van der Waals surface area contributed by atoms with E-state index in [4.69, 9.17) is 4.74 Å². The smallest absolute Gasteiger partial charge is 0.0687 e. The van der Waals surface area contributed by atoms with Crippen LogP contribution in [0.3, 0.4) is 0 Å². The van der Waals surface area contributed by atoms with Gasteiger partial charge < -0.3 is 9.84 Å². The Labute approximate surface area is 128 Å². The Hall–Kier alpha value is -0.860. The van der Waals surface area contributed by atoms with Crippen LogP contribution in [0.15, 0.2) is 30.3 Å². The minimum Gasteiger partial charge on any atom is -0.396 e. The Bertz CT molecular complexity index is 422. The molecule has 2 heteroatoms. The third-order valence-corrected chi connectivity index (χ3v) is 5.33. The molecular formula is C19H28O2. The Balaban J connectivity index is 1.53. The van der Waals surface area contributed by atoms with Gasteiger partial charge in [-0.25, -0.2) is 0 Å². The highest BCUT2D eigenvalue weighted by molar-refractivity contribution is 5.15. The molecule has 0 aromatic heterocycles. The number of rotatable bonds is 5. The lowest BCUT2D eigenvalue weighted by Crippen LogP contribution is -2.32. The van der Waals surface area contributed by atoms with Gasteiger partial charge in [0.05, 0.1) is 11.7 Å². The van der Waals surface area contributed by atoms with Crippen LogP contribution in [0.25, 0.3) is 0 Å². The predicted octanol–water partition coefficient (Wildman–Crippen LogP) is 4.11. The zero-order valence-corrected chi connectivity index (χ0v) is 13.0. The molecule has 1 heterocycles. The number of hydrogen-bond donors (Lipinski definition) is 1. The number of benzene rings is 1. The summed E-state index contributed by atoms with van der Waals surface area (Å²) >= 11 is 0. The molecule has 116 valence electrons. The first-order chi connectivity index (χ1) is 10.3. The van der Waals surface area contributed by atoms with Crippen molar-refractivity contribution in [2.75, 3.05) is 6.61 Å². The first-order valence-electron chi connectivity index (χ1n) is 8.62. The van der Waals surface area contributed by atoms with Gasteiger partial charge in [0.1, 0.15) is 0 Å². The largest absolute Gasteiger partial charge is 0.396 e. The molecule has 1 saturated heterocycles. The van der Waals surface area contributed by atoms with Crippen LogP contribution >= 0.6 is 0 Å². The number of aliphatic hydroxyl groups excluding tert-OH is 1. The highest BCUT2D eigenvalue weighted by Gasteiger charge is 2.41. The van der Waals surface area contributed by atoms with Gasteiger partial charge in [-0.05, 0) is 50.0 Å². The van der Waals surface area contributed by atoms with Crippen LogP contribution < -0.4 is 0 Å². The van der Waals surface area contributed by atoms with E-state index in [1.54, 1.807) is 0 Å². The van der Waals surface area contributed by atoms with Gasteiger partial charge in [0.2, 0.25) is 0 Å². The average molecular weight is 288 g/mol. The van der Waals surface area contributed by atoms with Gasteiger partial charge in [0.15, 0.2) is 0 Å². The fourth-order valence-corrected chi connectivity index (χ4v) is 4.17. The second-order valence-electron chi connectivity index (χ2n) is 7.00. The van der Waals surface area contributed by atoms with Crippen LogP contribution in [0.4, 0.5) is 0 Å². The molecule has 1 aromatic rings. The van der Waals surface area contributed by atoms with Crippen molar-refractivity contribution in [1.29, 1.82) is 0 Å². The summed E-state index contributed by atoms with van der Waals surface area (Å²) in [4.78, 5) is 0. The van der Waals surface area contributed by atoms with E-state index in [2.05, 4.69) is 24.3 Å². The summed E-state index contributed by atoms with van der Waals surface area (Å²) in [6.45, 7) is 0.266. The molecule has 2 aliphatic rings. The normalized spacial score (nSPS) is 26.0. The second kappa shape index (κ2) is 6.93. The predicted molar refractivity (Wildman–Crippen MR) is 85.3 cm³/mol. The fraction of sp³-hybridized carbons (Fsp3) is 0.684. The first-order valence-corrected chi connectivity index (χ1v) is 8.62. The number of ether oxygens (including phenoxy) is 1. The maximum Gasteiger partial charge on any atom is 0.0687 e. The van der Waals surface area contributed by atoms with E-state index in [1.807, 2.05) is 6.07 Å². The van der Waals surface area contributed by atoms with Crippen molar-refractivity contribution in [2.24, 2.45) is 5.92 Å². The molecule has 0 amide bonds. The molecule has 1 aliphatic heterocycles. The van der Waals surface area contributed by atoms with Crippen LogP contribution in [0.1, 0.15) is 56.9 Å². The van der Waals surface area contributed by atoms with Crippen LogP contribution in [0, 0.1) is 5.92 Å². The maximum atomic E-state index is 9.69. The van der Waals surface area contributed by atoms with E-state index in [0.29, 0.717) is 12.0 Å². The molecule has 1 saturated carbocycles. The lowest BCUT2D eigenvalue weighted by Gasteiger charge is -2.33. The van der Waals surface area contributed by atoms with Crippen molar-refractivity contribution in [3.05, 3.63) is 35.9 Å². The molecule has 0 radical (unpaired) electrons. The van der Waals surface area contributed by atoms with Gasteiger partial charge in [-0.1, -0.05) is 49.6 Å². The molecule has 2 fully saturated rings. The van der Waals surface area contributed by atoms with Gasteiger partial charge in [-0.2, -0.15) is 0 Å². The Morgan fingerprint density at radius 3 is 2.57 bits per heavy atom. The van der Waals surface area contributed by atoms with Crippen LogP contribution in [-0.4, -0.2) is 23.4 Å². The molecule has 3 rings (SSSR count). The van der Waals surface area contributed by atoms with E-state index >= 15 is 0 Å². The SMILES string of the molecule is OCC(Cc1ccccc1)CC1CCC2(CCCCC2)O1. The van der Waals surface area contributed by atoms with Crippen molar-refractivity contribution in [3.63, 3.8) is 0 Å². The van der Waals surface area contributed by atoms with Gasteiger partial charge in [-0.15, -0.1) is 0 Å². The summed E-state index contributed by atoms with van der Waals surface area (Å²) in [7, 11) is 0. The molecule has 2 nitrogen and oxygen atoms in total. The molecular weight excluding hydrogens is 260 g/mol. The fourth-order valence-electron chi connectivity index (χ4n) is 4.17. The second-order valence-corrected chi connectivity index (χ2v) is 7.00. The lowest BCUT2D eigenvalue weighted by atomic mass is 9.83. The van der Waals surface area contributed by atoms with Crippen molar-refractivity contribution in [1.82, 2.24) is 0 Å². The molecule has 1 aromatic carbocycles. The van der Waals surface area contributed by atoms with Gasteiger partial charge in [-0.3, -0.25) is 0 Å². The van der Waals surface area contributed by atoms with E-state index in [9.17, 15) is 5.11 Å². The Kier molecular flexibility index (Phi) is 4.97. The lowest BCUT2D eigenvalue weighted by molar-refractivity contribution is -0.0715. The summed E-state index contributed by atoms with van der Waals surface area (Å²) in [5.74, 6) is 0.330. The van der Waals surface area contributed by atoms with E-state index < -0.39 is 0 Å². The average Bonchev–Trinajstić information content (AvgIpc) is 2.90. The number of hydrogen-bond acceptors (Lipinski definition) is 2. The molecule has 0 bridgehead atoms. The summed E-state index contributed by atoms with van der Waals surface area (Å²) in [5.41, 5.74) is 1.53. The highest BCUT2D eigenvalue weighted by Crippen LogP contribution is 2.43. The van der Waals surface area contributed by atoms with Gasteiger partial charge >= 0.3 is 0 Å². The zero-order chi connectivity index (χ0) is 14.5. The van der Waals surface area contributed by atoms with Crippen molar-refractivity contribution in [3.8, 4) is 0 Å². The minimum absolute atomic E-state index is 0.204. The number of aliphatic hydroxyl groups is 1. The molecule has 2 unspecified atom stereocenters. The van der Waals surface area contributed by atoms with Crippen molar-refractivity contribution >= 4 is 0 Å². The van der Waals surface area contributed by atoms with Crippen molar-refractivity contribution < 1.29 is 9.84 Å². The van der Waals surface area contributed by atoms with E-state index in [0.717, 1.165) is 12.8 Å². The van der Waals surface area contributed by atoms with Crippen LogP contribution in [0.5, 0.6) is 0 Å². The first kappa shape index (κ1) is 15.1. The summed E-state index contributed by atoms with van der Waals surface area (Å²) in [5, 5.41) is 9.69. The third-order valence-electron chi connectivity index (χ3n) is 5.33. The van der Waals surface area contributed by atoms with Crippen LogP contribution in [-0.2, 0) is 11.2 Å². The maximum absolute atomic E-state index is 9.69. The quantitative estimate of drug-likeness (QED) is 0.883. The van der Waals surface area contributed by atoms with Gasteiger partial charge in [0, 0.05) is 6.61 Å². The van der Waals surface area contributed by atoms with E-state index in [1.165, 1.54) is 50.5 Å². The van der Waals surface area contributed by atoms with Gasteiger partial charge in [0.25, 0.3) is 0 Å². The Morgan fingerprint density at radius 2 is 1.86 bits per heavy atom. The molecule has 2 atom stereocenters. The van der Waals surface area contributed by atoms with Crippen LogP contribution in [0.2, 0.25) is 0 Å². The van der Waals surface area contributed by atoms with Crippen molar-refractivity contribution in [2.45, 2.75) is 69.5 Å². The van der Waals surface area contributed by atoms with E-state index in [-0.39, 0.29) is 12.2 Å². The standard InChI is InChI=1S/C19H28O2/c20-15-17(13-16-7-3-1-4-8-16)14-18-9-12-19(21-18)10-5-2-6-11-19/h1,3-4,7-8,17-18,20H,2,5-6,9-15H2. The summed E-state index contributed by atoms with van der Waals surface area (Å²) < 4.78 is 6.45. The highest BCUT2D eigenvalue weighted by atomic mass is 16.5. The monoisotopic (exact) mass is 288 g/mol. The topological polar surface area (TPSA) is 29.5 Å². The molecule has 1 spiro atoms. The molecule has 1 aliphatic carbocycles. The minimum atomic E-state index is 0.204. The third kappa shape index (κ3) is 3.87. The summed E-state index contributed by atoms with van der Waals surface area (Å²) in [6, 6.07) is 10.5. The zero-order valence-electron chi connectivity index (χ0n) is 13.0.